The molecule has 0 atom stereocenters. The molecule has 2 aromatic heterocycles. The van der Waals surface area contributed by atoms with Gasteiger partial charge in [0.25, 0.3) is 0 Å². The van der Waals surface area contributed by atoms with E-state index in [0.29, 0.717) is 12.1 Å². The van der Waals surface area contributed by atoms with Gasteiger partial charge in [-0.15, -0.1) is 0 Å². The van der Waals surface area contributed by atoms with Gasteiger partial charge in [0.05, 0.1) is 12.7 Å². The Morgan fingerprint density at radius 3 is 3.00 bits per heavy atom. The number of pyridine rings is 1. The third-order valence-electron chi connectivity index (χ3n) is 5.50. The lowest BCUT2D eigenvalue weighted by Gasteiger charge is -2.18. The van der Waals surface area contributed by atoms with Gasteiger partial charge >= 0.3 is 0 Å². The van der Waals surface area contributed by atoms with Crippen molar-refractivity contribution in [2.75, 3.05) is 11.4 Å². The highest BCUT2D eigenvalue weighted by Gasteiger charge is 2.26. The predicted octanol–water partition coefficient (Wildman–Crippen LogP) is 5.07. The number of nitrogens with zero attached hydrogens (tertiary/aromatic N) is 2. The Balaban J connectivity index is 1.43. The summed E-state index contributed by atoms with van der Waals surface area (Å²) < 4.78 is 19.7. The zero-order valence-electron chi connectivity index (χ0n) is 16.0. The minimum atomic E-state index is -0.334. The highest BCUT2D eigenvalue weighted by atomic mass is 19.1. The van der Waals surface area contributed by atoms with E-state index in [2.05, 4.69) is 11.1 Å². The first-order chi connectivity index (χ1) is 14.1. The van der Waals surface area contributed by atoms with Crippen LogP contribution in [0.5, 0.6) is 0 Å². The standard InChI is InChI=1S/C24H19FN2O2/c1-15-2-4-21(25)18(10-15)12-24(28)27-9-7-17-11-16(3-5-22(17)27)20-14-29-23-6-8-26-13-19(20)23/h2-6,8,10-11,13-14H,7,9,12H2,1H3. The van der Waals surface area contributed by atoms with Gasteiger partial charge in [0, 0.05) is 35.6 Å². The minimum absolute atomic E-state index is 0.0622. The van der Waals surface area contributed by atoms with Gasteiger partial charge < -0.3 is 9.32 Å². The van der Waals surface area contributed by atoms with Crippen molar-refractivity contribution in [2.45, 2.75) is 19.8 Å². The Kier molecular flexibility index (Phi) is 4.16. The van der Waals surface area contributed by atoms with E-state index in [1.54, 1.807) is 35.7 Å². The summed E-state index contributed by atoms with van der Waals surface area (Å²) in [6.07, 6.45) is 6.09. The number of amides is 1. The average molecular weight is 386 g/mol. The van der Waals surface area contributed by atoms with E-state index in [1.807, 2.05) is 25.1 Å². The van der Waals surface area contributed by atoms with Crippen LogP contribution in [0.4, 0.5) is 10.1 Å². The molecule has 3 heterocycles. The van der Waals surface area contributed by atoms with Crippen LogP contribution in [0.15, 0.2) is 65.5 Å². The summed E-state index contributed by atoms with van der Waals surface area (Å²) in [5.41, 5.74) is 6.22. The number of benzene rings is 2. The second kappa shape index (κ2) is 6.85. The molecule has 0 bridgehead atoms. The molecule has 1 aliphatic rings. The molecule has 0 fully saturated rings. The number of furan rings is 1. The van der Waals surface area contributed by atoms with Gasteiger partial charge in [-0.1, -0.05) is 23.8 Å². The Morgan fingerprint density at radius 1 is 1.21 bits per heavy atom. The van der Waals surface area contributed by atoms with Gasteiger partial charge in [-0.2, -0.15) is 0 Å². The van der Waals surface area contributed by atoms with Gasteiger partial charge in [-0.25, -0.2) is 4.39 Å². The summed E-state index contributed by atoms with van der Waals surface area (Å²) >= 11 is 0. The van der Waals surface area contributed by atoms with Crippen LogP contribution in [0.1, 0.15) is 16.7 Å². The van der Waals surface area contributed by atoms with Crippen molar-refractivity contribution in [3.05, 3.63) is 83.6 Å². The van der Waals surface area contributed by atoms with Gasteiger partial charge in [0.2, 0.25) is 5.91 Å². The third kappa shape index (κ3) is 3.09. The zero-order valence-corrected chi connectivity index (χ0v) is 16.0. The lowest BCUT2D eigenvalue weighted by Crippen LogP contribution is -2.30. The number of fused-ring (bicyclic) bond motifs is 2. The van der Waals surface area contributed by atoms with Crippen LogP contribution >= 0.6 is 0 Å². The fraction of sp³-hybridized carbons (Fsp3) is 0.167. The van der Waals surface area contributed by atoms with E-state index in [9.17, 15) is 9.18 Å². The lowest BCUT2D eigenvalue weighted by atomic mass is 10.0. The van der Waals surface area contributed by atoms with E-state index in [0.717, 1.165) is 45.3 Å². The van der Waals surface area contributed by atoms with Gasteiger partial charge in [0.1, 0.15) is 11.4 Å². The molecule has 4 aromatic rings. The maximum atomic E-state index is 14.1. The van der Waals surface area contributed by atoms with E-state index in [1.165, 1.54) is 6.07 Å². The van der Waals surface area contributed by atoms with E-state index < -0.39 is 0 Å². The molecular weight excluding hydrogens is 367 g/mol. The Hall–Kier alpha value is -3.47. The molecule has 0 spiro atoms. The predicted molar refractivity (Wildman–Crippen MR) is 110 cm³/mol. The van der Waals surface area contributed by atoms with Gasteiger partial charge in [-0.05, 0) is 54.3 Å². The maximum Gasteiger partial charge on any atom is 0.231 e. The van der Waals surface area contributed by atoms with Crippen molar-refractivity contribution < 1.29 is 13.6 Å². The molecule has 0 saturated carbocycles. The molecule has 0 unspecified atom stereocenters. The Morgan fingerprint density at radius 2 is 2.10 bits per heavy atom. The number of halogens is 1. The van der Waals surface area contributed by atoms with Crippen LogP contribution in [0, 0.1) is 12.7 Å². The molecule has 5 rings (SSSR count). The molecule has 0 N–H and O–H groups in total. The normalized spacial score (nSPS) is 13.1. The minimum Gasteiger partial charge on any atom is -0.464 e. The summed E-state index contributed by atoms with van der Waals surface area (Å²) in [5.74, 6) is -0.418. The van der Waals surface area contributed by atoms with Crippen molar-refractivity contribution in [1.29, 1.82) is 0 Å². The van der Waals surface area contributed by atoms with Crippen molar-refractivity contribution in [3.63, 3.8) is 0 Å². The van der Waals surface area contributed by atoms with Crippen molar-refractivity contribution in [2.24, 2.45) is 0 Å². The quantitative estimate of drug-likeness (QED) is 0.494. The average Bonchev–Trinajstić information content (AvgIpc) is 3.34. The smallest absolute Gasteiger partial charge is 0.231 e. The lowest BCUT2D eigenvalue weighted by molar-refractivity contribution is -0.117. The number of aryl methyl sites for hydroxylation is 1. The fourth-order valence-corrected chi connectivity index (χ4v) is 4.02. The van der Waals surface area contributed by atoms with Gasteiger partial charge in [-0.3, -0.25) is 9.78 Å². The molecule has 29 heavy (non-hydrogen) atoms. The van der Waals surface area contributed by atoms with Crippen LogP contribution in [0.25, 0.3) is 22.1 Å². The second-order valence-electron chi connectivity index (χ2n) is 7.43. The molecule has 2 aromatic carbocycles. The highest BCUT2D eigenvalue weighted by Crippen LogP contribution is 2.36. The Labute approximate surface area is 167 Å². The number of anilines is 1. The Bertz CT molecular complexity index is 1240. The topological polar surface area (TPSA) is 46.3 Å². The number of carbonyl (C=O) groups is 1. The number of hydrogen-bond acceptors (Lipinski definition) is 3. The molecule has 0 saturated heterocycles. The van der Waals surface area contributed by atoms with Crippen LogP contribution < -0.4 is 4.90 Å². The van der Waals surface area contributed by atoms with E-state index >= 15 is 0 Å². The molecular formula is C24H19FN2O2. The molecule has 5 heteroatoms. The first-order valence-electron chi connectivity index (χ1n) is 9.60. The first kappa shape index (κ1) is 17.6. The zero-order chi connectivity index (χ0) is 20.0. The van der Waals surface area contributed by atoms with E-state index in [4.69, 9.17) is 4.42 Å². The van der Waals surface area contributed by atoms with Crippen LogP contribution in [0.3, 0.4) is 0 Å². The van der Waals surface area contributed by atoms with Crippen molar-refractivity contribution in [1.82, 2.24) is 4.98 Å². The number of carbonyl (C=O) groups excluding carboxylic acids is 1. The molecule has 144 valence electrons. The van der Waals surface area contributed by atoms with Crippen LogP contribution in [0.2, 0.25) is 0 Å². The summed E-state index contributed by atoms with van der Waals surface area (Å²) in [4.78, 5) is 18.8. The van der Waals surface area contributed by atoms with Crippen molar-refractivity contribution in [3.8, 4) is 11.1 Å². The molecule has 0 aliphatic carbocycles. The van der Waals surface area contributed by atoms with Crippen LogP contribution in [-0.4, -0.2) is 17.4 Å². The summed E-state index contributed by atoms with van der Waals surface area (Å²) in [5, 5.41) is 0.966. The van der Waals surface area contributed by atoms with Gasteiger partial charge in [0.15, 0.2) is 0 Å². The third-order valence-corrected chi connectivity index (χ3v) is 5.50. The summed E-state index contributed by atoms with van der Waals surface area (Å²) in [6.45, 7) is 2.51. The second-order valence-corrected chi connectivity index (χ2v) is 7.43. The van der Waals surface area contributed by atoms with Crippen molar-refractivity contribution >= 4 is 22.6 Å². The fourth-order valence-electron chi connectivity index (χ4n) is 4.02. The molecule has 0 radical (unpaired) electrons. The molecule has 1 aliphatic heterocycles. The van der Waals surface area contributed by atoms with E-state index in [-0.39, 0.29) is 18.1 Å². The monoisotopic (exact) mass is 386 g/mol. The summed E-state index contributed by atoms with van der Waals surface area (Å²) in [6, 6.07) is 12.8. The number of aromatic nitrogens is 1. The molecule has 4 nitrogen and oxygen atoms in total. The molecule has 1 amide bonds. The maximum absolute atomic E-state index is 14.1. The first-order valence-corrected chi connectivity index (χ1v) is 9.60. The number of hydrogen-bond donors (Lipinski definition) is 0. The number of rotatable bonds is 3. The summed E-state index contributed by atoms with van der Waals surface area (Å²) in [7, 11) is 0. The largest absolute Gasteiger partial charge is 0.464 e. The SMILES string of the molecule is Cc1ccc(F)c(CC(=O)N2CCc3cc(-c4coc5ccncc45)ccc32)c1. The van der Waals surface area contributed by atoms with Crippen LogP contribution in [-0.2, 0) is 17.6 Å². The highest BCUT2D eigenvalue weighted by molar-refractivity contribution is 5.98.